The first-order valence-corrected chi connectivity index (χ1v) is 10.7. The standard InChI is InChI=1S/C24H22ClNO.C3H8/c1-4-6-12-20(17(3)18-10-8-7-9-11-18)19-13-14-23-21(15-19)22(25)16-24(27)26(23)5-2;1-3-2/h4,6-16H,1,5H2,2-3H3;3H2,1-2H3/b12-6-,20-17-;. The lowest BCUT2D eigenvalue weighted by atomic mass is 9.94. The molecule has 156 valence electrons. The van der Waals surface area contributed by atoms with Crippen molar-refractivity contribution in [3.05, 3.63) is 106 Å². The van der Waals surface area contributed by atoms with Gasteiger partial charge >= 0.3 is 0 Å². The average Bonchev–Trinajstić information content (AvgIpc) is 2.75. The molecule has 0 fully saturated rings. The Balaban J connectivity index is 0.00000101. The van der Waals surface area contributed by atoms with Crippen LogP contribution in [-0.2, 0) is 6.54 Å². The second kappa shape index (κ2) is 11.4. The summed E-state index contributed by atoms with van der Waals surface area (Å²) in [5.41, 5.74) is 5.23. The number of aryl methyl sites for hydroxylation is 1. The molecule has 0 saturated carbocycles. The maximum atomic E-state index is 12.2. The lowest BCUT2D eigenvalue weighted by molar-refractivity contribution is 0.760. The predicted molar refractivity (Wildman–Crippen MR) is 133 cm³/mol. The van der Waals surface area contributed by atoms with Crippen molar-refractivity contribution < 1.29 is 0 Å². The van der Waals surface area contributed by atoms with Gasteiger partial charge in [-0.2, -0.15) is 0 Å². The summed E-state index contributed by atoms with van der Waals surface area (Å²) in [4.78, 5) is 12.2. The van der Waals surface area contributed by atoms with E-state index in [1.807, 2.05) is 43.3 Å². The van der Waals surface area contributed by atoms with Gasteiger partial charge in [0, 0.05) is 18.0 Å². The number of fused-ring (bicyclic) bond motifs is 1. The minimum Gasteiger partial charge on any atom is -0.308 e. The fourth-order valence-electron chi connectivity index (χ4n) is 3.28. The molecule has 0 aliphatic heterocycles. The molecular weight excluding hydrogens is 390 g/mol. The molecule has 0 spiro atoms. The van der Waals surface area contributed by atoms with Crippen LogP contribution < -0.4 is 5.56 Å². The zero-order valence-corrected chi connectivity index (χ0v) is 19.0. The van der Waals surface area contributed by atoms with Crippen LogP contribution in [0.1, 0.15) is 45.2 Å². The zero-order valence-electron chi connectivity index (χ0n) is 18.3. The molecule has 3 rings (SSSR count). The first-order chi connectivity index (χ1) is 14.5. The number of hydrogen-bond acceptors (Lipinski definition) is 1. The Bertz CT molecular complexity index is 1120. The van der Waals surface area contributed by atoms with E-state index in [0.29, 0.717) is 11.6 Å². The molecular formula is C27H30ClNO. The van der Waals surface area contributed by atoms with Crippen LogP contribution in [0.5, 0.6) is 0 Å². The van der Waals surface area contributed by atoms with Gasteiger partial charge in [0.05, 0.1) is 10.5 Å². The van der Waals surface area contributed by atoms with E-state index in [4.69, 9.17) is 11.6 Å². The quantitative estimate of drug-likeness (QED) is 0.306. The van der Waals surface area contributed by atoms with Crippen LogP contribution in [0, 0.1) is 0 Å². The minimum atomic E-state index is -0.0782. The molecule has 2 nitrogen and oxygen atoms in total. The fourth-order valence-corrected chi connectivity index (χ4v) is 3.53. The summed E-state index contributed by atoms with van der Waals surface area (Å²) in [5, 5.41) is 1.35. The summed E-state index contributed by atoms with van der Waals surface area (Å²) < 4.78 is 1.73. The summed E-state index contributed by atoms with van der Waals surface area (Å²) in [6, 6.07) is 17.8. The van der Waals surface area contributed by atoms with Crippen molar-refractivity contribution in [2.75, 3.05) is 0 Å². The number of pyridine rings is 1. The van der Waals surface area contributed by atoms with Gasteiger partial charge in [-0.3, -0.25) is 4.79 Å². The minimum absolute atomic E-state index is 0.0782. The number of hydrogen-bond donors (Lipinski definition) is 0. The van der Waals surface area contributed by atoms with Crippen molar-refractivity contribution in [3.8, 4) is 0 Å². The molecule has 0 saturated heterocycles. The molecule has 3 aromatic rings. The van der Waals surface area contributed by atoms with Crippen LogP contribution in [0.4, 0.5) is 0 Å². The van der Waals surface area contributed by atoms with Gasteiger partial charge in [-0.05, 0) is 48.3 Å². The van der Waals surface area contributed by atoms with Crippen LogP contribution in [0.3, 0.4) is 0 Å². The molecule has 0 aliphatic carbocycles. The monoisotopic (exact) mass is 419 g/mol. The highest BCUT2D eigenvalue weighted by atomic mass is 35.5. The number of allylic oxidation sites excluding steroid dienone is 5. The van der Waals surface area contributed by atoms with Crippen LogP contribution in [0.25, 0.3) is 22.0 Å². The van der Waals surface area contributed by atoms with Crippen molar-refractivity contribution >= 4 is 33.7 Å². The summed E-state index contributed by atoms with van der Waals surface area (Å²) >= 11 is 6.41. The van der Waals surface area contributed by atoms with Crippen LogP contribution >= 0.6 is 11.6 Å². The third-order valence-electron chi connectivity index (χ3n) is 4.70. The number of aromatic nitrogens is 1. The van der Waals surface area contributed by atoms with E-state index in [9.17, 15) is 4.79 Å². The second-order valence-electron chi connectivity index (χ2n) is 7.01. The molecule has 0 N–H and O–H groups in total. The summed E-state index contributed by atoms with van der Waals surface area (Å²) in [6.07, 6.45) is 7.00. The Kier molecular flexibility index (Phi) is 8.89. The third kappa shape index (κ3) is 5.40. The second-order valence-corrected chi connectivity index (χ2v) is 7.42. The Morgan fingerprint density at radius 2 is 1.70 bits per heavy atom. The largest absolute Gasteiger partial charge is 0.308 e. The van der Waals surface area contributed by atoms with Gasteiger partial charge in [-0.25, -0.2) is 0 Å². The van der Waals surface area contributed by atoms with Crippen LogP contribution in [0.15, 0.2) is 84.2 Å². The highest BCUT2D eigenvalue weighted by Gasteiger charge is 2.11. The van der Waals surface area contributed by atoms with Gasteiger partial charge in [-0.1, -0.05) is 93.1 Å². The Morgan fingerprint density at radius 1 is 1.03 bits per heavy atom. The molecule has 2 aromatic carbocycles. The lowest BCUT2D eigenvalue weighted by Gasteiger charge is -2.13. The highest BCUT2D eigenvalue weighted by Crippen LogP contribution is 2.31. The van der Waals surface area contributed by atoms with Gasteiger partial charge in [0.15, 0.2) is 0 Å². The molecule has 30 heavy (non-hydrogen) atoms. The first-order valence-electron chi connectivity index (χ1n) is 10.4. The molecule has 0 radical (unpaired) electrons. The van der Waals surface area contributed by atoms with E-state index < -0.39 is 0 Å². The smallest absolute Gasteiger partial charge is 0.252 e. The highest BCUT2D eigenvalue weighted by molar-refractivity contribution is 6.35. The molecule has 0 unspecified atom stereocenters. The lowest BCUT2D eigenvalue weighted by Crippen LogP contribution is -2.18. The predicted octanol–water partition coefficient (Wildman–Crippen LogP) is 7.76. The summed E-state index contributed by atoms with van der Waals surface area (Å²) in [7, 11) is 0. The van der Waals surface area contributed by atoms with E-state index in [0.717, 1.165) is 33.2 Å². The van der Waals surface area contributed by atoms with Crippen molar-refractivity contribution in [2.24, 2.45) is 0 Å². The van der Waals surface area contributed by atoms with Crippen molar-refractivity contribution in [2.45, 2.75) is 40.7 Å². The van der Waals surface area contributed by atoms with Crippen molar-refractivity contribution in [3.63, 3.8) is 0 Å². The van der Waals surface area contributed by atoms with E-state index in [2.05, 4.69) is 51.6 Å². The van der Waals surface area contributed by atoms with Gasteiger partial charge in [0.25, 0.3) is 5.56 Å². The van der Waals surface area contributed by atoms with E-state index in [-0.39, 0.29) is 5.56 Å². The topological polar surface area (TPSA) is 22.0 Å². The SMILES string of the molecule is C=C/C=C\C(=C(/C)c1ccccc1)c1ccc2c(c1)c(Cl)cc(=O)n2CC.CCC. The molecule has 0 aliphatic rings. The molecule has 3 heteroatoms. The molecule has 1 aromatic heterocycles. The van der Waals surface area contributed by atoms with Crippen molar-refractivity contribution in [1.82, 2.24) is 4.57 Å². The molecule has 0 bridgehead atoms. The van der Waals surface area contributed by atoms with Crippen LogP contribution in [0.2, 0.25) is 5.02 Å². The Hall–Kier alpha value is -2.84. The maximum Gasteiger partial charge on any atom is 0.252 e. The number of rotatable bonds is 5. The summed E-state index contributed by atoms with van der Waals surface area (Å²) in [5.74, 6) is 0. The number of nitrogens with zero attached hydrogens (tertiary/aromatic N) is 1. The molecule has 0 atom stereocenters. The first kappa shape index (κ1) is 23.4. The van der Waals surface area contributed by atoms with E-state index >= 15 is 0 Å². The normalized spacial score (nSPS) is 11.8. The maximum absolute atomic E-state index is 12.2. The molecule has 1 heterocycles. The number of benzene rings is 2. The fraction of sp³-hybridized carbons (Fsp3) is 0.222. The average molecular weight is 420 g/mol. The van der Waals surface area contributed by atoms with Gasteiger partial charge in [-0.15, -0.1) is 0 Å². The Labute approximate surface area is 184 Å². The molecule has 0 amide bonds. The zero-order chi connectivity index (χ0) is 22.1. The van der Waals surface area contributed by atoms with E-state index in [1.165, 1.54) is 12.5 Å². The third-order valence-corrected chi connectivity index (χ3v) is 5.01. The van der Waals surface area contributed by atoms with Gasteiger partial charge in [0.2, 0.25) is 0 Å². The van der Waals surface area contributed by atoms with E-state index in [1.54, 1.807) is 10.6 Å². The van der Waals surface area contributed by atoms with Gasteiger partial charge in [0.1, 0.15) is 0 Å². The van der Waals surface area contributed by atoms with Gasteiger partial charge < -0.3 is 4.57 Å². The number of halogens is 1. The summed E-state index contributed by atoms with van der Waals surface area (Å²) in [6.45, 7) is 12.7. The van der Waals surface area contributed by atoms with Crippen LogP contribution in [-0.4, -0.2) is 4.57 Å². The Morgan fingerprint density at radius 3 is 2.30 bits per heavy atom. The van der Waals surface area contributed by atoms with Crippen molar-refractivity contribution in [1.29, 1.82) is 0 Å².